The molecule has 0 aromatic heterocycles. The molecule has 24 heavy (non-hydrogen) atoms. The molecule has 0 atom stereocenters. The van der Waals surface area contributed by atoms with Crippen molar-refractivity contribution in [3.63, 3.8) is 0 Å². The zero-order valence-corrected chi connectivity index (χ0v) is 13.1. The van der Waals surface area contributed by atoms with Crippen molar-refractivity contribution in [3.05, 3.63) is 64.5 Å². The lowest BCUT2D eigenvalue weighted by atomic mass is 9.88. The highest BCUT2D eigenvalue weighted by Crippen LogP contribution is 2.35. The van der Waals surface area contributed by atoms with Crippen LogP contribution in [-0.4, -0.2) is 6.36 Å². The van der Waals surface area contributed by atoms with E-state index in [9.17, 15) is 17.6 Å². The number of ether oxygens (including phenoxy) is 1. The molecule has 126 valence electrons. The molecule has 1 aliphatic carbocycles. The molecule has 5 heteroatoms. The largest absolute Gasteiger partial charge is 0.573 e. The maximum Gasteiger partial charge on any atom is 0.573 e. The highest BCUT2D eigenvalue weighted by Gasteiger charge is 2.33. The van der Waals surface area contributed by atoms with Crippen molar-refractivity contribution in [1.82, 2.24) is 0 Å². The summed E-state index contributed by atoms with van der Waals surface area (Å²) in [7, 11) is 0. The summed E-state index contributed by atoms with van der Waals surface area (Å²) >= 11 is 0. The molecule has 0 radical (unpaired) electrons. The number of hydrogen-bond acceptors (Lipinski definition) is 1. The van der Waals surface area contributed by atoms with Gasteiger partial charge in [-0.2, -0.15) is 0 Å². The number of aryl methyl sites for hydroxylation is 2. The van der Waals surface area contributed by atoms with Gasteiger partial charge in [-0.1, -0.05) is 37.3 Å². The van der Waals surface area contributed by atoms with Gasteiger partial charge in [-0.15, -0.1) is 13.2 Å². The van der Waals surface area contributed by atoms with Crippen molar-refractivity contribution in [2.45, 2.75) is 32.5 Å². The lowest BCUT2D eigenvalue weighted by molar-refractivity contribution is -0.275. The maximum absolute atomic E-state index is 13.9. The van der Waals surface area contributed by atoms with Gasteiger partial charge in [-0.3, -0.25) is 0 Å². The molecular weight excluding hydrogens is 320 g/mol. The summed E-state index contributed by atoms with van der Waals surface area (Å²) in [5, 5.41) is 0. The fraction of sp³-hybridized carbons (Fsp3) is 0.263. The van der Waals surface area contributed by atoms with E-state index in [1.165, 1.54) is 5.56 Å². The highest BCUT2D eigenvalue weighted by atomic mass is 19.4. The van der Waals surface area contributed by atoms with E-state index in [-0.39, 0.29) is 0 Å². The lowest BCUT2D eigenvalue weighted by Gasteiger charge is -2.19. The Morgan fingerprint density at radius 2 is 1.75 bits per heavy atom. The number of rotatable bonds is 3. The first-order valence-corrected chi connectivity index (χ1v) is 7.74. The SMILES string of the molecule is CCc1ccc(C2=Cc3cc(F)c(OC(F)(F)F)cc3CC2)cc1. The summed E-state index contributed by atoms with van der Waals surface area (Å²) in [4.78, 5) is 0. The molecule has 0 unspecified atom stereocenters. The summed E-state index contributed by atoms with van der Waals surface area (Å²) in [5.74, 6) is -1.78. The van der Waals surface area contributed by atoms with E-state index in [1.54, 1.807) is 0 Å². The van der Waals surface area contributed by atoms with Crippen molar-refractivity contribution >= 4 is 11.6 Å². The van der Waals surface area contributed by atoms with E-state index >= 15 is 0 Å². The van der Waals surface area contributed by atoms with Crippen molar-refractivity contribution in [3.8, 4) is 5.75 Å². The molecular formula is C19H16F4O. The number of alkyl halides is 3. The molecule has 0 N–H and O–H groups in total. The van der Waals surface area contributed by atoms with Gasteiger partial charge in [0.15, 0.2) is 11.6 Å². The Hall–Kier alpha value is -2.30. The Labute approximate surface area is 137 Å². The van der Waals surface area contributed by atoms with Gasteiger partial charge in [0, 0.05) is 0 Å². The van der Waals surface area contributed by atoms with E-state index in [0.29, 0.717) is 24.0 Å². The number of benzene rings is 2. The highest BCUT2D eigenvalue weighted by molar-refractivity contribution is 5.84. The van der Waals surface area contributed by atoms with Crippen LogP contribution < -0.4 is 4.74 Å². The third-order valence-electron chi connectivity index (χ3n) is 4.15. The molecule has 0 saturated carbocycles. The lowest BCUT2D eigenvalue weighted by Crippen LogP contribution is -2.18. The third kappa shape index (κ3) is 3.61. The van der Waals surface area contributed by atoms with Crippen LogP contribution in [-0.2, 0) is 12.8 Å². The van der Waals surface area contributed by atoms with Crippen LogP contribution in [0.5, 0.6) is 5.75 Å². The van der Waals surface area contributed by atoms with Crippen LogP contribution in [0.2, 0.25) is 0 Å². The smallest absolute Gasteiger partial charge is 0.403 e. The average molecular weight is 336 g/mol. The second-order valence-electron chi connectivity index (χ2n) is 5.75. The zero-order chi connectivity index (χ0) is 17.3. The van der Waals surface area contributed by atoms with Crippen LogP contribution in [0.3, 0.4) is 0 Å². The summed E-state index contributed by atoms with van der Waals surface area (Å²) in [6.45, 7) is 2.08. The van der Waals surface area contributed by atoms with Crippen LogP contribution in [0, 0.1) is 5.82 Å². The molecule has 2 aromatic carbocycles. The fourth-order valence-electron chi connectivity index (χ4n) is 2.88. The van der Waals surface area contributed by atoms with Crippen LogP contribution in [0.1, 0.15) is 35.6 Å². The monoisotopic (exact) mass is 336 g/mol. The molecule has 0 fully saturated rings. The molecule has 3 rings (SSSR count). The normalized spacial score (nSPS) is 14.1. The maximum atomic E-state index is 13.9. The first-order valence-electron chi connectivity index (χ1n) is 7.74. The number of hydrogen-bond donors (Lipinski definition) is 0. The van der Waals surface area contributed by atoms with Crippen LogP contribution >= 0.6 is 0 Å². The Morgan fingerprint density at radius 3 is 2.38 bits per heavy atom. The number of allylic oxidation sites excluding steroid dienone is 1. The molecule has 1 aliphatic rings. The molecule has 1 nitrogen and oxygen atoms in total. The first-order chi connectivity index (χ1) is 11.4. The van der Waals surface area contributed by atoms with Gasteiger partial charge in [0.05, 0.1) is 0 Å². The second kappa shape index (κ2) is 6.30. The molecule has 0 aliphatic heterocycles. The van der Waals surface area contributed by atoms with E-state index in [2.05, 4.69) is 11.7 Å². The van der Waals surface area contributed by atoms with Gasteiger partial charge in [0.2, 0.25) is 0 Å². The Bertz CT molecular complexity index is 773. The second-order valence-corrected chi connectivity index (χ2v) is 5.75. The molecule has 0 bridgehead atoms. The summed E-state index contributed by atoms with van der Waals surface area (Å²) in [6.07, 6.45) is -0.873. The van der Waals surface area contributed by atoms with Crippen LogP contribution in [0.25, 0.3) is 11.6 Å². The van der Waals surface area contributed by atoms with Crippen molar-refractivity contribution in [1.29, 1.82) is 0 Å². The molecule has 0 saturated heterocycles. The van der Waals surface area contributed by atoms with Crippen LogP contribution in [0.15, 0.2) is 36.4 Å². The van der Waals surface area contributed by atoms with Gasteiger partial charge in [0.1, 0.15) is 0 Å². The predicted molar refractivity (Wildman–Crippen MR) is 85.1 cm³/mol. The predicted octanol–water partition coefficient (Wildman–Crippen LogP) is 5.77. The zero-order valence-electron chi connectivity index (χ0n) is 13.1. The van der Waals surface area contributed by atoms with E-state index in [1.807, 2.05) is 30.3 Å². The minimum Gasteiger partial charge on any atom is -0.403 e. The Kier molecular flexibility index (Phi) is 4.35. The van der Waals surface area contributed by atoms with Gasteiger partial charge in [-0.05, 0) is 59.2 Å². The number of halogens is 4. The number of fused-ring (bicyclic) bond motifs is 1. The third-order valence-corrected chi connectivity index (χ3v) is 4.15. The average Bonchev–Trinajstić information content (AvgIpc) is 2.54. The minimum absolute atomic E-state index is 0.547. The van der Waals surface area contributed by atoms with Gasteiger partial charge >= 0.3 is 6.36 Å². The fourth-order valence-corrected chi connectivity index (χ4v) is 2.88. The standard InChI is InChI=1S/C19H16F4O/c1-2-12-3-5-13(6-4-12)14-7-8-15-11-18(24-19(21,22)23)17(20)10-16(15)9-14/h3-6,9-11H,2,7-8H2,1H3. The molecule has 0 amide bonds. The first kappa shape index (κ1) is 16.6. The Balaban J connectivity index is 1.92. The summed E-state index contributed by atoms with van der Waals surface area (Å²) in [6, 6.07) is 10.4. The molecule has 2 aromatic rings. The van der Waals surface area contributed by atoms with E-state index in [4.69, 9.17) is 0 Å². The van der Waals surface area contributed by atoms with E-state index < -0.39 is 17.9 Å². The quantitative estimate of drug-likeness (QED) is 0.646. The van der Waals surface area contributed by atoms with Gasteiger partial charge in [0.25, 0.3) is 0 Å². The van der Waals surface area contributed by atoms with Crippen molar-refractivity contribution in [2.24, 2.45) is 0 Å². The van der Waals surface area contributed by atoms with E-state index in [0.717, 1.165) is 29.7 Å². The van der Waals surface area contributed by atoms with Crippen molar-refractivity contribution < 1.29 is 22.3 Å². The van der Waals surface area contributed by atoms with Gasteiger partial charge < -0.3 is 4.74 Å². The molecule has 0 heterocycles. The van der Waals surface area contributed by atoms with Crippen LogP contribution in [0.4, 0.5) is 17.6 Å². The topological polar surface area (TPSA) is 9.23 Å². The summed E-state index contributed by atoms with van der Waals surface area (Å²) < 4.78 is 54.5. The van der Waals surface area contributed by atoms with Crippen molar-refractivity contribution in [2.75, 3.05) is 0 Å². The summed E-state index contributed by atoms with van der Waals surface area (Å²) in [5.41, 5.74) is 4.59. The van der Waals surface area contributed by atoms with Gasteiger partial charge in [-0.25, -0.2) is 4.39 Å². The minimum atomic E-state index is -4.90. The molecule has 0 spiro atoms. The Morgan fingerprint density at radius 1 is 1.04 bits per heavy atom.